The second-order valence-corrected chi connectivity index (χ2v) is 8.35. The van der Waals surface area contributed by atoms with Crippen molar-refractivity contribution in [1.82, 2.24) is 10.2 Å². The van der Waals surface area contributed by atoms with Gasteiger partial charge in [0.15, 0.2) is 0 Å². The van der Waals surface area contributed by atoms with Gasteiger partial charge >= 0.3 is 0 Å². The molecule has 0 saturated carbocycles. The fraction of sp³-hybridized carbons (Fsp3) is 0.407. The number of aryl methyl sites for hydroxylation is 1. The minimum atomic E-state index is 0.207. The number of rotatable bonds is 12. The molecule has 0 aliphatic heterocycles. The van der Waals surface area contributed by atoms with Crippen molar-refractivity contribution in [2.24, 2.45) is 15.9 Å². The Hall–Kier alpha value is -3.48. The lowest BCUT2D eigenvalue weighted by molar-refractivity contribution is 0.186. The molecule has 0 aliphatic carbocycles. The van der Waals surface area contributed by atoms with E-state index in [2.05, 4.69) is 41.1 Å². The van der Waals surface area contributed by atoms with E-state index in [-0.39, 0.29) is 6.10 Å². The summed E-state index contributed by atoms with van der Waals surface area (Å²) >= 11 is 0. The van der Waals surface area contributed by atoms with Gasteiger partial charge in [-0.25, -0.2) is 0 Å². The third-order valence-electron chi connectivity index (χ3n) is 5.66. The molecule has 2 N–H and O–H groups in total. The summed E-state index contributed by atoms with van der Waals surface area (Å²) in [5.74, 6) is 7.21. The van der Waals surface area contributed by atoms with E-state index < -0.39 is 0 Å². The zero-order chi connectivity index (χ0) is 24.3. The molecule has 0 aliphatic rings. The third-order valence-corrected chi connectivity index (χ3v) is 5.66. The summed E-state index contributed by atoms with van der Waals surface area (Å²) in [7, 11) is 0. The first kappa shape index (κ1) is 25.1. The van der Waals surface area contributed by atoms with E-state index in [4.69, 9.17) is 15.0 Å². The Morgan fingerprint density at radius 1 is 1.06 bits per heavy atom. The number of nitrogens with two attached hydrogens (primary N) is 1. The maximum absolute atomic E-state index is 6.18. The lowest BCUT2D eigenvalue weighted by atomic mass is 10.1. The first-order valence-corrected chi connectivity index (χ1v) is 12.1. The average Bonchev–Trinajstić information content (AvgIpc) is 3.35. The molecule has 180 valence electrons. The van der Waals surface area contributed by atoms with Crippen molar-refractivity contribution in [2.45, 2.75) is 72.3 Å². The summed E-state index contributed by atoms with van der Waals surface area (Å²) in [6, 6.07) is 13.6. The van der Waals surface area contributed by atoms with Gasteiger partial charge in [0.1, 0.15) is 5.75 Å². The predicted molar refractivity (Wildman–Crippen MR) is 139 cm³/mol. The van der Waals surface area contributed by atoms with E-state index in [1.165, 1.54) is 0 Å². The normalized spacial score (nSPS) is 12.9. The molecule has 0 spiro atoms. The third kappa shape index (κ3) is 6.76. The number of ether oxygens (including phenoxy) is 1. The standard InChI is InChI=1S/C27H35N5O2/c1-5-8-10-22(30-28)18-29-21-14-12-20(13-15-21)26-31-32-27(34-26)25-17-24(16-11-19(25)4)33-23(7-3)9-6-2/h11-18,23H,5-10,28H2,1-4H3/b29-18?,30-22-. The summed E-state index contributed by atoms with van der Waals surface area (Å²) in [4.78, 5) is 4.47. The predicted octanol–water partition coefficient (Wildman–Crippen LogP) is 6.88. The number of hydrogen-bond acceptors (Lipinski definition) is 7. The molecule has 7 nitrogen and oxygen atoms in total. The van der Waals surface area contributed by atoms with E-state index in [0.717, 1.165) is 72.4 Å². The summed E-state index contributed by atoms with van der Waals surface area (Å²) in [6.45, 7) is 8.48. The van der Waals surface area contributed by atoms with Gasteiger partial charge in [0.25, 0.3) is 0 Å². The molecule has 3 rings (SSSR count). The molecule has 0 radical (unpaired) electrons. The largest absolute Gasteiger partial charge is 0.490 e. The molecule has 1 heterocycles. The smallest absolute Gasteiger partial charge is 0.248 e. The molecule has 0 saturated heterocycles. The fourth-order valence-corrected chi connectivity index (χ4v) is 3.57. The maximum atomic E-state index is 6.18. The van der Waals surface area contributed by atoms with Crippen LogP contribution in [-0.2, 0) is 0 Å². The van der Waals surface area contributed by atoms with Crippen molar-refractivity contribution in [1.29, 1.82) is 0 Å². The van der Waals surface area contributed by atoms with Crippen LogP contribution in [0.5, 0.6) is 5.75 Å². The number of hydrogen-bond donors (Lipinski definition) is 1. The van der Waals surface area contributed by atoms with E-state index in [0.29, 0.717) is 11.8 Å². The van der Waals surface area contributed by atoms with Crippen LogP contribution in [0.1, 0.15) is 64.9 Å². The molecule has 34 heavy (non-hydrogen) atoms. The van der Waals surface area contributed by atoms with Gasteiger partial charge in [0.05, 0.1) is 23.7 Å². The molecule has 0 fully saturated rings. The highest BCUT2D eigenvalue weighted by atomic mass is 16.5. The van der Waals surface area contributed by atoms with Crippen LogP contribution < -0.4 is 10.6 Å². The van der Waals surface area contributed by atoms with Gasteiger partial charge in [0.2, 0.25) is 11.8 Å². The molecule has 0 amide bonds. The Bertz CT molecular complexity index is 1100. The minimum Gasteiger partial charge on any atom is -0.490 e. The molecule has 7 heteroatoms. The van der Waals surface area contributed by atoms with Crippen LogP contribution in [0, 0.1) is 6.92 Å². The quantitative estimate of drug-likeness (QED) is 0.180. The van der Waals surface area contributed by atoms with E-state index in [1.54, 1.807) is 6.21 Å². The molecule has 1 unspecified atom stereocenters. The molecule has 2 aromatic carbocycles. The van der Waals surface area contributed by atoms with Gasteiger partial charge in [-0.1, -0.05) is 39.7 Å². The van der Waals surface area contributed by atoms with Gasteiger partial charge < -0.3 is 15.0 Å². The summed E-state index contributed by atoms with van der Waals surface area (Å²) in [5.41, 5.74) is 4.35. The Morgan fingerprint density at radius 2 is 1.82 bits per heavy atom. The number of hydrazone groups is 1. The second-order valence-electron chi connectivity index (χ2n) is 8.35. The van der Waals surface area contributed by atoms with Gasteiger partial charge in [-0.05, 0) is 74.6 Å². The van der Waals surface area contributed by atoms with Gasteiger partial charge in [-0.3, -0.25) is 4.99 Å². The zero-order valence-corrected chi connectivity index (χ0v) is 20.6. The Morgan fingerprint density at radius 3 is 2.50 bits per heavy atom. The molecule has 0 bridgehead atoms. The van der Waals surface area contributed by atoms with E-state index in [1.807, 2.05) is 49.4 Å². The minimum absolute atomic E-state index is 0.207. The van der Waals surface area contributed by atoms with E-state index >= 15 is 0 Å². The van der Waals surface area contributed by atoms with Crippen LogP contribution in [0.25, 0.3) is 22.9 Å². The van der Waals surface area contributed by atoms with Crippen LogP contribution in [0.3, 0.4) is 0 Å². The molecule has 1 aromatic heterocycles. The first-order valence-electron chi connectivity index (χ1n) is 12.1. The van der Waals surface area contributed by atoms with Crippen LogP contribution >= 0.6 is 0 Å². The zero-order valence-electron chi connectivity index (χ0n) is 20.6. The highest BCUT2D eigenvalue weighted by molar-refractivity contribution is 6.30. The molecular weight excluding hydrogens is 426 g/mol. The molecule has 3 aromatic rings. The molecule has 1 atom stereocenters. The van der Waals surface area contributed by atoms with Crippen molar-refractivity contribution in [3.05, 3.63) is 48.0 Å². The summed E-state index contributed by atoms with van der Waals surface area (Å²) in [5, 5.41) is 12.4. The number of nitrogens with zero attached hydrogens (tertiary/aromatic N) is 4. The highest BCUT2D eigenvalue weighted by Gasteiger charge is 2.15. The SMILES string of the molecule is CCCC/C(C=Nc1ccc(-c2nnc(-c3cc(OC(CC)CCC)ccc3C)o2)cc1)=N/N. The van der Waals surface area contributed by atoms with Crippen LogP contribution in [0.4, 0.5) is 5.69 Å². The topological polar surface area (TPSA) is 98.9 Å². The first-order chi connectivity index (χ1) is 16.6. The van der Waals surface area contributed by atoms with Gasteiger partial charge in [0, 0.05) is 11.1 Å². The monoisotopic (exact) mass is 461 g/mol. The number of benzene rings is 2. The second kappa shape index (κ2) is 12.7. The Kier molecular flexibility index (Phi) is 9.38. The highest BCUT2D eigenvalue weighted by Crippen LogP contribution is 2.30. The van der Waals surface area contributed by atoms with Crippen LogP contribution in [0.15, 0.2) is 57.0 Å². The van der Waals surface area contributed by atoms with Gasteiger partial charge in [-0.15, -0.1) is 10.2 Å². The van der Waals surface area contributed by atoms with Crippen molar-refractivity contribution in [2.75, 3.05) is 0 Å². The van der Waals surface area contributed by atoms with Crippen molar-refractivity contribution < 1.29 is 9.15 Å². The average molecular weight is 462 g/mol. The Labute approximate surface area is 202 Å². The summed E-state index contributed by atoms with van der Waals surface area (Å²) < 4.78 is 12.2. The number of unbranched alkanes of at least 4 members (excludes halogenated alkanes) is 1. The lowest BCUT2D eigenvalue weighted by Gasteiger charge is -2.17. The number of aromatic nitrogens is 2. The lowest BCUT2D eigenvalue weighted by Crippen LogP contribution is -2.14. The Balaban J connectivity index is 1.74. The summed E-state index contributed by atoms with van der Waals surface area (Å²) in [6.07, 6.45) is 7.97. The number of aliphatic imine (C=N–C) groups is 1. The van der Waals surface area contributed by atoms with Crippen molar-refractivity contribution >= 4 is 17.6 Å². The molecular formula is C27H35N5O2. The van der Waals surface area contributed by atoms with Gasteiger partial charge in [-0.2, -0.15) is 5.10 Å². The maximum Gasteiger partial charge on any atom is 0.248 e. The van der Waals surface area contributed by atoms with Crippen LogP contribution in [0.2, 0.25) is 0 Å². The van der Waals surface area contributed by atoms with Crippen molar-refractivity contribution in [3.8, 4) is 28.7 Å². The fourth-order valence-electron chi connectivity index (χ4n) is 3.57. The van der Waals surface area contributed by atoms with E-state index in [9.17, 15) is 0 Å². The van der Waals surface area contributed by atoms with Crippen molar-refractivity contribution in [3.63, 3.8) is 0 Å². The van der Waals surface area contributed by atoms with Crippen LogP contribution in [-0.4, -0.2) is 28.2 Å².